The van der Waals surface area contributed by atoms with E-state index in [1.807, 2.05) is 6.07 Å². The quantitative estimate of drug-likeness (QED) is 0.423. The Morgan fingerprint density at radius 2 is 1.80 bits per heavy atom. The van der Waals surface area contributed by atoms with Crippen LogP contribution in [0.2, 0.25) is 0 Å². The van der Waals surface area contributed by atoms with Gasteiger partial charge in [-0.15, -0.1) is 11.3 Å². The van der Waals surface area contributed by atoms with E-state index in [2.05, 4.69) is 44.2 Å². The highest BCUT2D eigenvalue weighted by Gasteiger charge is 2.43. The van der Waals surface area contributed by atoms with Crippen molar-refractivity contribution in [1.29, 1.82) is 5.26 Å². The van der Waals surface area contributed by atoms with Crippen LogP contribution in [0.25, 0.3) is 11.5 Å². The standard InChI is InChI=1S/C31H39F2N9OS/c1-30(6-2-3-24-26(30)22(19-34)27(35)44-24)29-38-28(39-43-29)23-17-21(40-11-9-36-10-12-40)18-25(37-23)42-15-13-41(14-16-42)20-4-7-31(32,33)8-5-20/h17-18,20,36H,2-16,35H2,1H3. The van der Waals surface area contributed by atoms with Crippen molar-refractivity contribution in [3.63, 3.8) is 0 Å². The van der Waals surface area contributed by atoms with Crippen molar-refractivity contribution in [2.75, 3.05) is 67.9 Å². The van der Waals surface area contributed by atoms with Gasteiger partial charge in [0.25, 0.3) is 0 Å². The Bertz CT molecular complexity index is 1540. The maximum absolute atomic E-state index is 13.7. The molecular formula is C31H39F2N9OS. The maximum atomic E-state index is 13.7. The number of thiophene rings is 1. The number of nitrogen functional groups attached to an aromatic ring is 1. The number of nitrogens with one attached hydrogen (secondary N) is 1. The number of hydrogen-bond acceptors (Lipinski definition) is 11. The number of anilines is 3. The molecule has 44 heavy (non-hydrogen) atoms. The molecule has 5 heterocycles. The number of halogens is 2. The second-order valence-electron chi connectivity index (χ2n) is 12.8. The summed E-state index contributed by atoms with van der Waals surface area (Å²) in [4.78, 5) is 18.1. The number of rotatable bonds is 5. The van der Waals surface area contributed by atoms with Crippen molar-refractivity contribution in [3.8, 4) is 17.6 Å². The molecule has 10 nitrogen and oxygen atoms in total. The van der Waals surface area contributed by atoms with Gasteiger partial charge >= 0.3 is 0 Å². The van der Waals surface area contributed by atoms with Crippen molar-refractivity contribution in [1.82, 2.24) is 25.3 Å². The van der Waals surface area contributed by atoms with Gasteiger partial charge < -0.3 is 25.4 Å². The minimum Gasteiger partial charge on any atom is -0.389 e. The van der Waals surface area contributed by atoms with E-state index in [4.69, 9.17) is 20.2 Å². The highest BCUT2D eigenvalue weighted by molar-refractivity contribution is 7.16. The minimum absolute atomic E-state index is 0.0137. The molecule has 2 aliphatic heterocycles. The zero-order chi connectivity index (χ0) is 30.5. The van der Waals surface area contributed by atoms with Crippen molar-refractivity contribution in [3.05, 3.63) is 34.0 Å². The summed E-state index contributed by atoms with van der Waals surface area (Å²) in [5, 5.41) is 18.3. The number of pyridine rings is 1. The fourth-order valence-corrected chi connectivity index (χ4v) is 8.64. The topological polar surface area (TPSA) is 123 Å². The number of aromatic nitrogens is 3. The first kappa shape index (κ1) is 29.4. The highest BCUT2D eigenvalue weighted by Crippen LogP contribution is 2.48. The fraction of sp³-hybridized carbons (Fsp3) is 0.613. The summed E-state index contributed by atoms with van der Waals surface area (Å²) in [6.07, 6.45) is 3.71. The monoisotopic (exact) mass is 623 g/mol. The molecule has 1 atom stereocenters. The molecule has 3 N–H and O–H groups in total. The van der Waals surface area contributed by atoms with Crippen LogP contribution >= 0.6 is 11.3 Å². The first-order valence-corrected chi connectivity index (χ1v) is 16.6. The number of aryl methyl sites for hydroxylation is 1. The zero-order valence-electron chi connectivity index (χ0n) is 25.1. The van der Waals surface area contributed by atoms with E-state index in [1.54, 1.807) is 0 Å². The van der Waals surface area contributed by atoms with E-state index in [9.17, 15) is 14.0 Å². The van der Waals surface area contributed by atoms with Gasteiger partial charge in [-0.2, -0.15) is 10.2 Å². The summed E-state index contributed by atoms with van der Waals surface area (Å²) in [7, 11) is 0. The van der Waals surface area contributed by atoms with Crippen molar-refractivity contribution >= 4 is 27.8 Å². The Labute approximate surface area is 260 Å². The van der Waals surface area contributed by atoms with Crippen LogP contribution in [0.4, 0.5) is 25.3 Å². The first-order valence-electron chi connectivity index (χ1n) is 15.7. The van der Waals surface area contributed by atoms with Crippen molar-refractivity contribution < 1.29 is 13.3 Å². The Kier molecular flexibility index (Phi) is 7.71. The van der Waals surface area contributed by atoms with Crippen LogP contribution < -0.4 is 20.9 Å². The lowest BCUT2D eigenvalue weighted by Gasteiger charge is -2.42. The van der Waals surface area contributed by atoms with E-state index in [0.29, 0.717) is 40.8 Å². The van der Waals surface area contributed by atoms with Crippen molar-refractivity contribution in [2.45, 2.75) is 69.2 Å². The van der Waals surface area contributed by atoms with Gasteiger partial charge in [0, 0.05) is 93.4 Å². The SMILES string of the molecule is CC1(c2nc(-c3cc(N4CCNCC4)cc(N4CCN(C5CCC(F)(F)CC5)CC4)n3)no2)CCCc2sc(N)c(C#N)c21. The molecule has 0 bridgehead atoms. The molecule has 0 radical (unpaired) electrons. The molecule has 0 aromatic carbocycles. The predicted molar refractivity (Wildman–Crippen MR) is 166 cm³/mol. The molecule has 234 valence electrons. The summed E-state index contributed by atoms with van der Waals surface area (Å²) >= 11 is 1.49. The van der Waals surface area contributed by atoms with Gasteiger partial charge in [0.15, 0.2) is 0 Å². The second-order valence-corrected chi connectivity index (χ2v) is 13.9. The predicted octanol–water partition coefficient (Wildman–Crippen LogP) is 4.40. The molecule has 0 spiro atoms. The van der Waals surface area contributed by atoms with Crippen LogP contribution in [-0.2, 0) is 11.8 Å². The molecule has 3 aromatic heterocycles. The molecule has 3 aromatic rings. The molecule has 2 saturated heterocycles. The van der Waals surface area contributed by atoms with Gasteiger partial charge in [0.05, 0.1) is 11.0 Å². The van der Waals surface area contributed by atoms with Crippen LogP contribution in [-0.4, -0.2) is 84.3 Å². The van der Waals surface area contributed by atoms with Crippen LogP contribution in [0.5, 0.6) is 0 Å². The van der Waals surface area contributed by atoms with E-state index >= 15 is 0 Å². The number of nitrogens with zero attached hydrogens (tertiary/aromatic N) is 7. The lowest BCUT2D eigenvalue weighted by atomic mass is 9.72. The van der Waals surface area contributed by atoms with Gasteiger partial charge in [0.2, 0.25) is 17.6 Å². The summed E-state index contributed by atoms with van der Waals surface area (Å²) in [6, 6.07) is 6.73. The number of hydrogen-bond donors (Lipinski definition) is 2. The number of nitriles is 1. The zero-order valence-corrected chi connectivity index (χ0v) is 25.9. The highest BCUT2D eigenvalue weighted by atomic mass is 32.1. The van der Waals surface area contributed by atoms with Gasteiger partial charge in [-0.05, 0) is 45.1 Å². The third-order valence-corrected chi connectivity index (χ3v) is 11.1. The van der Waals surface area contributed by atoms with E-state index < -0.39 is 11.3 Å². The largest absolute Gasteiger partial charge is 0.389 e. The smallest absolute Gasteiger partial charge is 0.248 e. The molecule has 13 heteroatoms. The van der Waals surface area contributed by atoms with Gasteiger partial charge in [-0.1, -0.05) is 5.16 Å². The average Bonchev–Trinajstić information content (AvgIpc) is 3.67. The molecule has 1 unspecified atom stereocenters. The summed E-state index contributed by atoms with van der Waals surface area (Å²) in [5.41, 5.74) is 8.79. The summed E-state index contributed by atoms with van der Waals surface area (Å²) < 4.78 is 33.4. The van der Waals surface area contributed by atoms with E-state index in [1.165, 1.54) is 11.3 Å². The summed E-state index contributed by atoms with van der Waals surface area (Å²) in [6.45, 7) is 8.85. The summed E-state index contributed by atoms with van der Waals surface area (Å²) in [5.74, 6) is -0.745. The van der Waals surface area contributed by atoms with Crippen LogP contribution in [0.15, 0.2) is 16.7 Å². The number of piperazine rings is 2. The van der Waals surface area contributed by atoms with Crippen LogP contribution in [0, 0.1) is 11.3 Å². The lowest BCUT2D eigenvalue weighted by Crippen LogP contribution is -2.52. The average molecular weight is 624 g/mol. The number of alkyl halides is 2. The van der Waals surface area contributed by atoms with E-state index in [0.717, 1.165) is 93.6 Å². The molecule has 7 rings (SSSR count). The lowest BCUT2D eigenvalue weighted by molar-refractivity contribution is -0.0541. The van der Waals surface area contributed by atoms with Crippen LogP contribution in [0.3, 0.4) is 0 Å². The molecule has 4 aliphatic rings. The second kappa shape index (κ2) is 11.5. The molecule has 2 aliphatic carbocycles. The van der Waals surface area contributed by atoms with Crippen LogP contribution in [0.1, 0.15) is 67.3 Å². The third kappa shape index (κ3) is 5.41. The van der Waals surface area contributed by atoms with Gasteiger partial charge in [-0.3, -0.25) is 4.90 Å². The molecular weight excluding hydrogens is 584 g/mol. The van der Waals surface area contributed by atoms with Gasteiger partial charge in [0.1, 0.15) is 22.6 Å². The Morgan fingerprint density at radius 1 is 1.05 bits per heavy atom. The normalized spacial score (nSPS) is 24.7. The maximum Gasteiger partial charge on any atom is 0.248 e. The van der Waals surface area contributed by atoms with Crippen molar-refractivity contribution in [2.24, 2.45) is 0 Å². The first-order chi connectivity index (χ1) is 21.2. The van der Waals surface area contributed by atoms with Gasteiger partial charge in [-0.25, -0.2) is 13.8 Å². The fourth-order valence-electron chi connectivity index (χ4n) is 7.45. The Balaban J connectivity index is 1.17. The minimum atomic E-state index is -2.51. The molecule has 1 saturated carbocycles. The number of nitrogens with two attached hydrogens (primary N) is 1. The Hall–Kier alpha value is -3.34. The Morgan fingerprint density at radius 3 is 2.52 bits per heavy atom. The number of fused-ring (bicyclic) bond motifs is 1. The third-order valence-electron chi connectivity index (χ3n) is 10.00. The molecule has 0 amide bonds. The van der Waals surface area contributed by atoms with E-state index in [-0.39, 0.29) is 18.9 Å². The molecule has 3 fully saturated rings.